The minimum Gasteiger partial charge on any atom is -0.482 e. The van der Waals surface area contributed by atoms with Gasteiger partial charge in [-0.15, -0.1) is 0 Å². The molecule has 7 nitrogen and oxygen atoms in total. The molecule has 8 heteroatoms. The molecule has 0 spiro atoms. The second-order valence-electron chi connectivity index (χ2n) is 4.51. The summed E-state index contributed by atoms with van der Waals surface area (Å²) in [5, 5.41) is 40.7. The number of nitrogens with zero attached hydrogens (tertiary/aromatic N) is 1. The minimum atomic E-state index is -1.47. The number of hydrogen-bond acceptors (Lipinski definition) is 8. The zero-order chi connectivity index (χ0) is 15.4. The van der Waals surface area contributed by atoms with Gasteiger partial charge in [0.1, 0.15) is 24.1 Å². The van der Waals surface area contributed by atoms with Crippen molar-refractivity contribution in [3.8, 4) is 5.75 Å². The van der Waals surface area contributed by atoms with Gasteiger partial charge in [0, 0.05) is 0 Å². The lowest BCUT2D eigenvalue weighted by Gasteiger charge is -2.39. The standard InChI is InChI=1S/C13H15NO6S/c15-5-9-10(16)11(17)12(13(18)20-9)19-8-3-1-7(2-4-8)14-6-21/h1-4,9-13,15-18H,5H2/t9-,10-,11+,12-,13+/m1/s1. The Morgan fingerprint density at radius 2 is 1.86 bits per heavy atom. The van der Waals surface area contributed by atoms with Crippen molar-refractivity contribution in [2.75, 3.05) is 6.61 Å². The van der Waals surface area contributed by atoms with Gasteiger partial charge in [0.05, 0.1) is 17.5 Å². The molecule has 0 aliphatic carbocycles. The summed E-state index contributed by atoms with van der Waals surface area (Å²) in [4.78, 5) is 3.78. The Bertz CT molecular complexity index is 518. The Morgan fingerprint density at radius 1 is 1.19 bits per heavy atom. The monoisotopic (exact) mass is 313 g/mol. The fraction of sp³-hybridized carbons (Fsp3) is 0.462. The van der Waals surface area contributed by atoms with Crippen molar-refractivity contribution in [2.24, 2.45) is 4.99 Å². The summed E-state index contributed by atoms with van der Waals surface area (Å²) < 4.78 is 10.4. The van der Waals surface area contributed by atoms with Crippen LogP contribution in [0.2, 0.25) is 0 Å². The van der Waals surface area contributed by atoms with Crippen molar-refractivity contribution in [2.45, 2.75) is 30.7 Å². The maximum atomic E-state index is 9.94. The first-order chi connectivity index (χ1) is 10.1. The average molecular weight is 313 g/mol. The summed E-state index contributed by atoms with van der Waals surface area (Å²) in [5.74, 6) is 0.347. The molecule has 1 aromatic carbocycles. The summed E-state index contributed by atoms with van der Waals surface area (Å²) in [6.45, 7) is -0.522. The molecule has 1 heterocycles. The molecule has 21 heavy (non-hydrogen) atoms. The van der Waals surface area contributed by atoms with Crippen LogP contribution < -0.4 is 4.74 Å². The Kier molecular flexibility index (Phi) is 5.38. The Hall–Kier alpha value is -1.38. The maximum absolute atomic E-state index is 9.94. The number of isothiocyanates is 1. The molecule has 0 saturated carbocycles. The molecular weight excluding hydrogens is 298 g/mol. The molecule has 5 atom stereocenters. The van der Waals surface area contributed by atoms with Crippen LogP contribution in [0.1, 0.15) is 0 Å². The van der Waals surface area contributed by atoms with Crippen LogP contribution in [0.15, 0.2) is 29.3 Å². The van der Waals surface area contributed by atoms with Crippen molar-refractivity contribution in [1.29, 1.82) is 0 Å². The largest absolute Gasteiger partial charge is 0.482 e. The third-order valence-corrected chi connectivity index (χ3v) is 3.22. The number of aliphatic imine (C=N–C) groups is 1. The van der Waals surface area contributed by atoms with E-state index < -0.39 is 37.3 Å². The highest BCUT2D eigenvalue weighted by atomic mass is 32.1. The number of hydrogen-bond donors (Lipinski definition) is 4. The molecule has 0 aromatic heterocycles. The number of aliphatic hydroxyl groups excluding tert-OH is 4. The average Bonchev–Trinajstić information content (AvgIpc) is 2.49. The van der Waals surface area contributed by atoms with E-state index in [2.05, 4.69) is 22.4 Å². The summed E-state index contributed by atoms with van der Waals surface area (Å²) in [7, 11) is 0. The predicted molar refractivity (Wildman–Crippen MR) is 75.5 cm³/mol. The van der Waals surface area contributed by atoms with E-state index in [9.17, 15) is 15.3 Å². The van der Waals surface area contributed by atoms with Crippen molar-refractivity contribution in [1.82, 2.24) is 0 Å². The molecule has 0 amide bonds. The van der Waals surface area contributed by atoms with Gasteiger partial charge in [0.2, 0.25) is 0 Å². The number of thiocarbonyl (C=S) groups is 1. The molecule has 2 rings (SSSR count). The van der Waals surface area contributed by atoms with Crippen molar-refractivity contribution in [3.05, 3.63) is 24.3 Å². The van der Waals surface area contributed by atoms with E-state index >= 15 is 0 Å². The second kappa shape index (κ2) is 7.06. The van der Waals surface area contributed by atoms with Gasteiger partial charge >= 0.3 is 0 Å². The predicted octanol–water partition coefficient (Wildman–Crippen LogP) is -0.400. The van der Waals surface area contributed by atoms with E-state index in [1.165, 1.54) is 0 Å². The number of ether oxygens (including phenoxy) is 2. The third-order valence-electron chi connectivity index (χ3n) is 3.13. The fourth-order valence-corrected chi connectivity index (χ4v) is 2.11. The van der Waals surface area contributed by atoms with Crippen LogP contribution in [0.4, 0.5) is 5.69 Å². The molecule has 1 fully saturated rings. The van der Waals surface area contributed by atoms with Crippen LogP contribution in [0.25, 0.3) is 0 Å². The van der Waals surface area contributed by atoms with E-state index in [-0.39, 0.29) is 0 Å². The van der Waals surface area contributed by atoms with E-state index in [4.69, 9.17) is 14.6 Å². The maximum Gasteiger partial charge on any atom is 0.195 e. The van der Waals surface area contributed by atoms with E-state index in [0.717, 1.165) is 0 Å². The first-order valence-electron chi connectivity index (χ1n) is 6.22. The smallest absolute Gasteiger partial charge is 0.195 e. The first-order valence-corrected chi connectivity index (χ1v) is 6.62. The Balaban J connectivity index is 2.09. The molecular formula is C13H15NO6S. The molecule has 0 unspecified atom stereocenters. The molecule has 1 aliphatic rings. The van der Waals surface area contributed by atoms with Crippen LogP contribution >= 0.6 is 12.2 Å². The van der Waals surface area contributed by atoms with Crippen molar-refractivity contribution >= 4 is 23.1 Å². The fourth-order valence-electron chi connectivity index (χ4n) is 2.01. The molecule has 1 aliphatic heterocycles. The zero-order valence-electron chi connectivity index (χ0n) is 10.9. The highest BCUT2D eigenvalue weighted by Crippen LogP contribution is 2.25. The van der Waals surface area contributed by atoms with E-state index in [0.29, 0.717) is 11.4 Å². The first kappa shape index (κ1) is 16.0. The Labute approximate surface area is 126 Å². The minimum absolute atomic E-state index is 0.347. The van der Waals surface area contributed by atoms with Crippen molar-refractivity contribution in [3.63, 3.8) is 0 Å². The lowest BCUT2D eigenvalue weighted by Crippen LogP contribution is -2.60. The van der Waals surface area contributed by atoms with Gasteiger partial charge in [-0.25, -0.2) is 0 Å². The molecule has 4 N–H and O–H groups in total. The SMILES string of the molecule is OC[C@H]1O[C@H](O)[C@H](Oc2ccc(N=C=S)cc2)[C@@H](O)[C@@H]1O. The summed E-state index contributed by atoms with van der Waals surface area (Å²) in [5.41, 5.74) is 0.582. The van der Waals surface area contributed by atoms with Gasteiger partial charge < -0.3 is 29.9 Å². The molecule has 114 valence electrons. The van der Waals surface area contributed by atoms with Gasteiger partial charge in [-0.2, -0.15) is 4.99 Å². The molecule has 1 saturated heterocycles. The summed E-state index contributed by atoms with van der Waals surface area (Å²) in [6.07, 6.45) is -6.47. The summed E-state index contributed by atoms with van der Waals surface area (Å²) >= 11 is 4.49. The lowest BCUT2D eigenvalue weighted by atomic mass is 9.99. The zero-order valence-corrected chi connectivity index (χ0v) is 11.7. The van der Waals surface area contributed by atoms with Crippen LogP contribution in [0, 0.1) is 0 Å². The van der Waals surface area contributed by atoms with Crippen LogP contribution in [0.5, 0.6) is 5.75 Å². The van der Waals surface area contributed by atoms with Gasteiger partial charge in [0.15, 0.2) is 12.4 Å². The quantitative estimate of drug-likeness (QED) is 0.442. The number of benzene rings is 1. The highest BCUT2D eigenvalue weighted by Gasteiger charge is 2.45. The summed E-state index contributed by atoms with van der Waals surface area (Å²) in [6, 6.07) is 6.36. The third kappa shape index (κ3) is 3.63. The Morgan fingerprint density at radius 3 is 2.43 bits per heavy atom. The lowest BCUT2D eigenvalue weighted by molar-refractivity contribution is -0.280. The van der Waals surface area contributed by atoms with E-state index in [1.54, 1.807) is 24.3 Å². The van der Waals surface area contributed by atoms with Crippen LogP contribution in [0.3, 0.4) is 0 Å². The molecule has 0 bridgehead atoms. The molecule has 1 aromatic rings. The van der Waals surface area contributed by atoms with Crippen molar-refractivity contribution < 1.29 is 29.9 Å². The van der Waals surface area contributed by atoms with Gasteiger partial charge in [-0.3, -0.25) is 0 Å². The molecule has 0 radical (unpaired) electrons. The van der Waals surface area contributed by atoms with Gasteiger partial charge in [-0.05, 0) is 36.5 Å². The second-order valence-corrected chi connectivity index (χ2v) is 4.69. The highest BCUT2D eigenvalue weighted by molar-refractivity contribution is 7.78. The number of rotatable bonds is 4. The normalized spacial score (nSPS) is 32.3. The topological polar surface area (TPSA) is 112 Å². The number of aliphatic hydroxyl groups is 4. The van der Waals surface area contributed by atoms with Crippen LogP contribution in [-0.2, 0) is 4.74 Å². The van der Waals surface area contributed by atoms with Gasteiger partial charge in [0.25, 0.3) is 0 Å². The van der Waals surface area contributed by atoms with E-state index in [1.807, 2.05) is 0 Å². The van der Waals surface area contributed by atoms with Crippen LogP contribution in [-0.4, -0.2) is 62.9 Å². The van der Waals surface area contributed by atoms with Gasteiger partial charge in [-0.1, -0.05) is 0 Å².